The van der Waals surface area contributed by atoms with Crippen LogP contribution in [0.5, 0.6) is 0 Å². The van der Waals surface area contributed by atoms with Gasteiger partial charge in [0.2, 0.25) is 5.91 Å². The minimum Gasteiger partial charge on any atom is -0.355 e. The Bertz CT molecular complexity index is 1070. The number of rotatable bonds is 9. The molecule has 1 aromatic heterocycles. The molecule has 0 unspecified atom stereocenters. The Balaban J connectivity index is 2.29. The minimum absolute atomic E-state index is 0.0880. The van der Waals surface area contributed by atoms with Crippen molar-refractivity contribution in [2.45, 2.75) is 52.9 Å². The summed E-state index contributed by atoms with van der Waals surface area (Å²) >= 11 is 8.14. The lowest BCUT2D eigenvalue weighted by Crippen LogP contribution is -2.19. The topological polar surface area (TPSA) is 58.2 Å². The van der Waals surface area contributed by atoms with Gasteiger partial charge < -0.3 is 15.2 Å². The van der Waals surface area contributed by atoms with Crippen molar-refractivity contribution in [3.63, 3.8) is 0 Å². The number of carbonyl (C=O) groups is 1. The summed E-state index contributed by atoms with van der Waals surface area (Å²) in [5.74, 6) is -0.116. The van der Waals surface area contributed by atoms with Crippen molar-refractivity contribution in [3.05, 3.63) is 70.7 Å². The fourth-order valence-corrected chi connectivity index (χ4v) is 7.61. The van der Waals surface area contributed by atoms with Crippen molar-refractivity contribution in [1.29, 1.82) is 0 Å². The summed E-state index contributed by atoms with van der Waals surface area (Å²) in [6.45, 7) is 15.6. The third kappa shape index (κ3) is 6.04. The number of thiophene rings is 1. The predicted octanol–water partition coefficient (Wildman–Crippen LogP) is 7.66. The fourth-order valence-electron chi connectivity index (χ4n) is 3.54. The minimum atomic E-state index is -2.48. The third-order valence-corrected chi connectivity index (χ3v) is 10.6. The van der Waals surface area contributed by atoms with Crippen LogP contribution in [0.2, 0.25) is 0 Å². The monoisotopic (exact) mass is 490 g/mol. The Morgan fingerprint density at radius 2 is 1.72 bits per heavy atom. The van der Waals surface area contributed by atoms with Crippen molar-refractivity contribution in [2.24, 2.45) is 0 Å². The molecule has 0 saturated heterocycles. The molecule has 1 amide bonds. The van der Waals surface area contributed by atoms with Gasteiger partial charge in [-0.1, -0.05) is 58.0 Å². The van der Waals surface area contributed by atoms with Crippen LogP contribution in [0.25, 0.3) is 5.57 Å². The molecule has 4 nitrogen and oxygen atoms in total. The SMILES string of the molecule is C=C(Nc1ccc(P(=O)(C(C)C)C(C)C)cc1)/C(Cl)=C(\C=C/C)c1csc(NC(C)=O)c1. The summed E-state index contributed by atoms with van der Waals surface area (Å²) in [6.07, 6.45) is 3.82. The third-order valence-electron chi connectivity index (χ3n) is 5.14. The van der Waals surface area contributed by atoms with Gasteiger partial charge in [-0.2, -0.15) is 0 Å². The number of nitrogens with one attached hydrogen (secondary N) is 2. The zero-order valence-electron chi connectivity index (χ0n) is 19.5. The lowest BCUT2D eigenvalue weighted by atomic mass is 10.1. The summed E-state index contributed by atoms with van der Waals surface area (Å²) in [5, 5.41) is 10.1. The lowest BCUT2D eigenvalue weighted by Gasteiger charge is -2.26. The molecule has 0 saturated carbocycles. The molecule has 0 aliphatic carbocycles. The van der Waals surface area contributed by atoms with E-state index in [1.165, 1.54) is 18.3 Å². The average molecular weight is 491 g/mol. The van der Waals surface area contributed by atoms with E-state index in [-0.39, 0.29) is 17.2 Å². The van der Waals surface area contributed by atoms with Gasteiger partial charge in [0, 0.05) is 40.2 Å². The number of hydrogen-bond donors (Lipinski definition) is 2. The number of benzene rings is 1. The van der Waals surface area contributed by atoms with Crippen LogP contribution in [-0.2, 0) is 9.36 Å². The van der Waals surface area contributed by atoms with Gasteiger partial charge >= 0.3 is 0 Å². The highest BCUT2D eigenvalue weighted by Crippen LogP contribution is 2.53. The maximum absolute atomic E-state index is 13.5. The van der Waals surface area contributed by atoms with Crippen LogP contribution in [0.3, 0.4) is 0 Å². The van der Waals surface area contributed by atoms with E-state index in [0.29, 0.717) is 10.7 Å². The molecule has 1 aromatic carbocycles. The lowest BCUT2D eigenvalue weighted by molar-refractivity contribution is -0.114. The average Bonchev–Trinajstić information content (AvgIpc) is 3.18. The highest BCUT2D eigenvalue weighted by Gasteiger charge is 2.32. The number of carbonyl (C=O) groups excluding carboxylic acids is 1. The highest BCUT2D eigenvalue weighted by atomic mass is 35.5. The maximum atomic E-state index is 13.5. The Morgan fingerprint density at radius 3 is 2.22 bits per heavy atom. The normalized spacial score (nSPS) is 12.9. The van der Waals surface area contributed by atoms with Crippen LogP contribution in [0.1, 0.15) is 47.1 Å². The Kier molecular flexibility index (Phi) is 9.15. The Morgan fingerprint density at radius 1 is 1.12 bits per heavy atom. The molecule has 0 atom stereocenters. The molecule has 0 fully saturated rings. The van der Waals surface area contributed by atoms with Crippen LogP contribution < -0.4 is 15.9 Å². The van der Waals surface area contributed by atoms with E-state index >= 15 is 0 Å². The van der Waals surface area contributed by atoms with Crippen molar-refractivity contribution in [2.75, 3.05) is 10.6 Å². The van der Waals surface area contributed by atoms with E-state index in [0.717, 1.165) is 27.1 Å². The molecule has 2 aromatic rings. The second-order valence-corrected chi connectivity index (χ2v) is 13.4. The largest absolute Gasteiger partial charge is 0.355 e. The molecule has 1 heterocycles. The number of hydrogen-bond acceptors (Lipinski definition) is 4. The van der Waals surface area contributed by atoms with Crippen LogP contribution in [0.15, 0.2) is 65.2 Å². The van der Waals surface area contributed by atoms with Gasteiger partial charge in [0.15, 0.2) is 0 Å². The van der Waals surface area contributed by atoms with Crippen molar-refractivity contribution >= 4 is 57.6 Å². The van der Waals surface area contributed by atoms with Crippen LogP contribution in [-0.4, -0.2) is 17.2 Å². The van der Waals surface area contributed by atoms with Crippen LogP contribution in [0.4, 0.5) is 10.7 Å². The zero-order chi connectivity index (χ0) is 24.1. The van der Waals surface area contributed by atoms with Gasteiger partial charge in [-0.05, 0) is 42.8 Å². The molecule has 172 valence electrons. The van der Waals surface area contributed by atoms with Gasteiger partial charge in [0.05, 0.1) is 15.7 Å². The van der Waals surface area contributed by atoms with Gasteiger partial charge in [0.1, 0.15) is 7.14 Å². The summed E-state index contributed by atoms with van der Waals surface area (Å²) in [6, 6.07) is 9.58. The van der Waals surface area contributed by atoms with E-state index < -0.39 is 7.14 Å². The molecule has 0 bridgehead atoms. The molecule has 0 spiro atoms. The van der Waals surface area contributed by atoms with E-state index in [9.17, 15) is 9.36 Å². The van der Waals surface area contributed by atoms with Crippen molar-refractivity contribution in [3.8, 4) is 0 Å². The van der Waals surface area contributed by atoms with Gasteiger partial charge in [-0.25, -0.2) is 0 Å². The Labute approximate surface area is 200 Å². The predicted molar refractivity (Wildman–Crippen MR) is 143 cm³/mol. The van der Waals surface area contributed by atoms with Gasteiger partial charge in [-0.15, -0.1) is 11.3 Å². The molecule has 32 heavy (non-hydrogen) atoms. The molecule has 0 radical (unpaired) electrons. The number of anilines is 2. The summed E-state index contributed by atoms with van der Waals surface area (Å²) in [5.41, 5.74) is 3.25. The standard InChI is InChI=1S/C25H32ClN2O2PS/c1-8-9-23(20-14-24(32-15-20)28-19(7)29)25(26)18(6)27-21-10-12-22(13-11-21)31(30,16(2)3)17(4)5/h8-17,27H,6H2,1-5,7H3,(H,28,29)/b9-8-,25-23-. The molecule has 0 aliphatic rings. The molecule has 2 rings (SSSR count). The highest BCUT2D eigenvalue weighted by molar-refractivity contribution is 7.72. The maximum Gasteiger partial charge on any atom is 0.221 e. The number of halogens is 1. The molecular formula is C25H32ClN2O2PS. The first-order valence-corrected chi connectivity index (χ1v) is 13.7. The first-order valence-electron chi connectivity index (χ1n) is 10.6. The Hall–Kier alpha value is -2.07. The van der Waals surface area contributed by atoms with E-state index in [1.54, 1.807) is 0 Å². The second-order valence-electron chi connectivity index (χ2n) is 8.16. The van der Waals surface area contributed by atoms with Crippen molar-refractivity contribution in [1.82, 2.24) is 0 Å². The fraction of sp³-hybridized carbons (Fsp3) is 0.320. The van der Waals surface area contributed by atoms with Crippen LogP contribution in [0, 0.1) is 0 Å². The molecule has 0 aliphatic heterocycles. The molecule has 7 heteroatoms. The number of amides is 1. The van der Waals surface area contributed by atoms with Gasteiger partial charge in [-0.3, -0.25) is 4.79 Å². The van der Waals surface area contributed by atoms with Crippen molar-refractivity contribution < 1.29 is 9.36 Å². The van der Waals surface area contributed by atoms with E-state index in [1.807, 2.05) is 82.5 Å². The second kappa shape index (κ2) is 11.2. The summed E-state index contributed by atoms with van der Waals surface area (Å²) in [7, 11) is -2.48. The smallest absolute Gasteiger partial charge is 0.221 e. The first-order chi connectivity index (χ1) is 15.0. The first kappa shape index (κ1) is 26.2. The summed E-state index contributed by atoms with van der Waals surface area (Å²) < 4.78 is 13.5. The van der Waals surface area contributed by atoms with E-state index in [4.69, 9.17) is 11.6 Å². The van der Waals surface area contributed by atoms with E-state index in [2.05, 4.69) is 17.2 Å². The molecule has 2 N–H and O–H groups in total. The van der Waals surface area contributed by atoms with Gasteiger partial charge in [0.25, 0.3) is 0 Å². The van der Waals surface area contributed by atoms with Crippen LogP contribution >= 0.6 is 30.1 Å². The quantitative estimate of drug-likeness (QED) is 0.280. The molecular weight excluding hydrogens is 459 g/mol. The zero-order valence-corrected chi connectivity index (χ0v) is 22.0. The number of allylic oxidation sites excluding steroid dienone is 4. The summed E-state index contributed by atoms with van der Waals surface area (Å²) in [4.78, 5) is 11.3.